The van der Waals surface area contributed by atoms with E-state index < -0.39 is 6.04 Å². The molecule has 1 rings (SSSR count). The fourth-order valence-electron chi connectivity index (χ4n) is 0.929. The fraction of sp³-hybridized carbons (Fsp3) is 0.375. The highest BCUT2D eigenvalue weighted by atomic mass is 19.1. The molecule has 12 heavy (non-hydrogen) atoms. The first-order chi connectivity index (χ1) is 5.75. The lowest BCUT2D eigenvalue weighted by Crippen LogP contribution is -2.18. The Kier molecular flexibility index (Phi) is 3.13. The van der Waals surface area contributed by atoms with Crippen LogP contribution in [-0.4, -0.2) is 18.7 Å². The molecule has 2 N–H and O–H groups in total. The number of halogens is 1. The highest BCUT2D eigenvalue weighted by Crippen LogP contribution is 2.10. The quantitative estimate of drug-likeness (QED) is 0.732. The van der Waals surface area contributed by atoms with E-state index in [0.29, 0.717) is 0 Å². The Balaban J connectivity index is 2.79. The van der Waals surface area contributed by atoms with Gasteiger partial charge in [0.1, 0.15) is 5.82 Å². The summed E-state index contributed by atoms with van der Waals surface area (Å²) in [6, 6.07) is 2.37. The third-order valence-electron chi connectivity index (χ3n) is 1.48. The standard InChI is InChI=1S/C8H11FN2O/c1-12-5-7(10)8-6(9)3-2-4-11-8/h2-4,7H,5,10H2,1H3. The Morgan fingerprint density at radius 1 is 1.75 bits per heavy atom. The third kappa shape index (κ3) is 1.99. The molecule has 0 aliphatic heterocycles. The number of rotatable bonds is 3. The molecule has 0 spiro atoms. The largest absolute Gasteiger partial charge is 0.383 e. The van der Waals surface area contributed by atoms with Crippen LogP contribution < -0.4 is 5.73 Å². The minimum Gasteiger partial charge on any atom is -0.383 e. The summed E-state index contributed by atoms with van der Waals surface area (Å²) < 4.78 is 17.7. The SMILES string of the molecule is COCC(N)c1ncccc1F. The summed E-state index contributed by atoms with van der Waals surface area (Å²) in [4.78, 5) is 3.82. The van der Waals surface area contributed by atoms with Crippen LogP contribution in [0.5, 0.6) is 0 Å². The number of aromatic nitrogens is 1. The van der Waals surface area contributed by atoms with E-state index in [-0.39, 0.29) is 18.1 Å². The Labute approximate surface area is 70.4 Å². The molecule has 1 aromatic heterocycles. The van der Waals surface area contributed by atoms with E-state index in [9.17, 15) is 4.39 Å². The van der Waals surface area contributed by atoms with Crippen molar-refractivity contribution in [3.05, 3.63) is 29.8 Å². The normalized spacial score (nSPS) is 12.9. The molecule has 66 valence electrons. The van der Waals surface area contributed by atoms with Crippen molar-refractivity contribution in [1.82, 2.24) is 4.98 Å². The average Bonchev–Trinajstić information content (AvgIpc) is 2.05. The molecule has 0 saturated heterocycles. The summed E-state index contributed by atoms with van der Waals surface area (Å²) >= 11 is 0. The van der Waals surface area contributed by atoms with E-state index in [2.05, 4.69) is 4.98 Å². The van der Waals surface area contributed by atoms with Crippen molar-refractivity contribution in [2.24, 2.45) is 5.73 Å². The summed E-state index contributed by atoms with van der Waals surface area (Å²) in [6.45, 7) is 0.272. The molecule has 0 saturated carbocycles. The zero-order valence-electron chi connectivity index (χ0n) is 6.83. The molecule has 0 aliphatic carbocycles. The van der Waals surface area contributed by atoms with Crippen LogP contribution in [-0.2, 0) is 4.74 Å². The second kappa shape index (κ2) is 4.13. The van der Waals surface area contributed by atoms with Crippen molar-refractivity contribution < 1.29 is 9.13 Å². The Morgan fingerprint density at radius 2 is 2.50 bits per heavy atom. The molecular formula is C8H11FN2O. The van der Waals surface area contributed by atoms with Crippen LogP contribution in [0.3, 0.4) is 0 Å². The first-order valence-corrected chi connectivity index (χ1v) is 3.60. The van der Waals surface area contributed by atoms with Crippen molar-refractivity contribution in [2.75, 3.05) is 13.7 Å². The zero-order chi connectivity index (χ0) is 8.97. The van der Waals surface area contributed by atoms with Gasteiger partial charge in [0.05, 0.1) is 18.3 Å². The van der Waals surface area contributed by atoms with Crippen LogP contribution in [0.4, 0.5) is 4.39 Å². The molecule has 1 heterocycles. The minimum absolute atomic E-state index is 0.249. The first kappa shape index (κ1) is 9.09. The van der Waals surface area contributed by atoms with Gasteiger partial charge in [-0.05, 0) is 12.1 Å². The van der Waals surface area contributed by atoms with Crippen molar-refractivity contribution in [3.63, 3.8) is 0 Å². The van der Waals surface area contributed by atoms with E-state index >= 15 is 0 Å². The number of pyridine rings is 1. The van der Waals surface area contributed by atoms with Crippen molar-refractivity contribution in [1.29, 1.82) is 0 Å². The summed E-state index contributed by atoms with van der Waals surface area (Å²) in [5, 5.41) is 0. The second-order valence-electron chi connectivity index (χ2n) is 2.43. The summed E-state index contributed by atoms with van der Waals surface area (Å²) in [5.74, 6) is -0.387. The fourth-order valence-corrected chi connectivity index (χ4v) is 0.929. The van der Waals surface area contributed by atoms with Crippen LogP contribution in [0.2, 0.25) is 0 Å². The van der Waals surface area contributed by atoms with E-state index in [1.807, 2.05) is 0 Å². The molecule has 1 unspecified atom stereocenters. The van der Waals surface area contributed by atoms with Crippen LogP contribution in [0.1, 0.15) is 11.7 Å². The van der Waals surface area contributed by atoms with Crippen molar-refractivity contribution in [2.45, 2.75) is 6.04 Å². The third-order valence-corrected chi connectivity index (χ3v) is 1.48. The molecule has 3 nitrogen and oxygen atoms in total. The lowest BCUT2D eigenvalue weighted by atomic mass is 10.2. The predicted molar refractivity (Wildman–Crippen MR) is 43.0 cm³/mol. The van der Waals surface area contributed by atoms with Crippen molar-refractivity contribution in [3.8, 4) is 0 Å². The monoisotopic (exact) mass is 170 g/mol. The van der Waals surface area contributed by atoms with Gasteiger partial charge >= 0.3 is 0 Å². The molecule has 0 aliphatic rings. The van der Waals surface area contributed by atoms with Gasteiger partial charge in [0, 0.05) is 13.3 Å². The zero-order valence-corrected chi connectivity index (χ0v) is 6.83. The number of hydrogen-bond acceptors (Lipinski definition) is 3. The van der Waals surface area contributed by atoms with Gasteiger partial charge in [0.15, 0.2) is 0 Å². The maximum absolute atomic E-state index is 13.0. The van der Waals surface area contributed by atoms with Crippen LogP contribution in [0.15, 0.2) is 18.3 Å². The summed E-state index contributed by atoms with van der Waals surface area (Å²) in [5.41, 5.74) is 5.83. The Bertz CT molecular complexity index is 255. The molecule has 0 radical (unpaired) electrons. The molecule has 4 heteroatoms. The smallest absolute Gasteiger partial charge is 0.146 e. The maximum Gasteiger partial charge on any atom is 0.146 e. The summed E-state index contributed by atoms with van der Waals surface area (Å²) in [6.07, 6.45) is 1.51. The number of nitrogens with two attached hydrogens (primary N) is 1. The number of methoxy groups -OCH3 is 1. The number of hydrogen-bond donors (Lipinski definition) is 1. The maximum atomic E-state index is 13.0. The molecule has 0 amide bonds. The van der Waals surface area contributed by atoms with Crippen LogP contribution in [0.25, 0.3) is 0 Å². The van der Waals surface area contributed by atoms with Crippen LogP contribution >= 0.6 is 0 Å². The van der Waals surface area contributed by atoms with E-state index in [1.165, 1.54) is 25.4 Å². The van der Waals surface area contributed by atoms with Gasteiger partial charge in [-0.2, -0.15) is 0 Å². The molecular weight excluding hydrogens is 159 g/mol. The van der Waals surface area contributed by atoms with E-state index in [1.54, 1.807) is 0 Å². The first-order valence-electron chi connectivity index (χ1n) is 3.60. The molecule has 1 aromatic rings. The predicted octanol–water partition coefficient (Wildman–Crippen LogP) is 0.867. The molecule has 0 aromatic carbocycles. The number of nitrogens with zero attached hydrogens (tertiary/aromatic N) is 1. The highest BCUT2D eigenvalue weighted by molar-refractivity contribution is 5.10. The average molecular weight is 170 g/mol. The number of ether oxygens (including phenoxy) is 1. The molecule has 0 fully saturated rings. The van der Waals surface area contributed by atoms with Gasteiger partial charge in [-0.1, -0.05) is 0 Å². The van der Waals surface area contributed by atoms with Gasteiger partial charge in [0.25, 0.3) is 0 Å². The lowest BCUT2D eigenvalue weighted by molar-refractivity contribution is 0.178. The van der Waals surface area contributed by atoms with Gasteiger partial charge < -0.3 is 10.5 Å². The van der Waals surface area contributed by atoms with Crippen molar-refractivity contribution >= 4 is 0 Å². The van der Waals surface area contributed by atoms with E-state index in [4.69, 9.17) is 10.5 Å². The molecule has 0 bridgehead atoms. The lowest BCUT2D eigenvalue weighted by Gasteiger charge is -2.09. The second-order valence-corrected chi connectivity index (χ2v) is 2.43. The van der Waals surface area contributed by atoms with Gasteiger partial charge in [-0.25, -0.2) is 4.39 Å². The van der Waals surface area contributed by atoms with Gasteiger partial charge in [-0.15, -0.1) is 0 Å². The van der Waals surface area contributed by atoms with E-state index in [0.717, 1.165) is 0 Å². The van der Waals surface area contributed by atoms with Gasteiger partial charge in [-0.3, -0.25) is 4.98 Å². The van der Waals surface area contributed by atoms with Crippen LogP contribution in [0, 0.1) is 5.82 Å². The Hall–Kier alpha value is -1.00. The Morgan fingerprint density at radius 3 is 3.08 bits per heavy atom. The topological polar surface area (TPSA) is 48.1 Å². The highest BCUT2D eigenvalue weighted by Gasteiger charge is 2.11. The van der Waals surface area contributed by atoms with Gasteiger partial charge in [0.2, 0.25) is 0 Å². The molecule has 1 atom stereocenters. The minimum atomic E-state index is -0.490. The summed E-state index contributed by atoms with van der Waals surface area (Å²) in [7, 11) is 1.51.